The second-order valence-electron chi connectivity index (χ2n) is 6.38. The van der Waals surface area contributed by atoms with Crippen LogP contribution in [0.5, 0.6) is 11.5 Å². The Balaban J connectivity index is 2.08. The van der Waals surface area contributed by atoms with Gasteiger partial charge in [0.25, 0.3) is 5.56 Å². The number of rotatable bonds is 7. The Morgan fingerprint density at radius 2 is 1.68 bits per heavy atom. The number of methoxy groups -OCH3 is 1. The van der Waals surface area contributed by atoms with Crippen LogP contribution in [0.4, 0.5) is 5.82 Å². The molecule has 5 N–H and O–H groups in total. The number of carboxylic acids is 2. The quantitative estimate of drug-likeness (QED) is 0.394. The molecule has 10 heteroatoms. The van der Waals surface area contributed by atoms with Crippen molar-refractivity contribution in [3.63, 3.8) is 0 Å². The molecule has 0 saturated carbocycles. The molecule has 0 aliphatic heterocycles. The van der Waals surface area contributed by atoms with Gasteiger partial charge in [0.15, 0.2) is 11.5 Å². The highest BCUT2D eigenvalue weighted by molar-refractivity contribution is 9.10. The zero-order valence-electron chi connectivity index (χ0n) is 16.1. The van der Waals surface area contributed by atoms with E-state index in [1.165, 1.54) is 25.3 Å². The third kappa shape index (κ3) is 4.53. The van der Waals surface area contributed by atoms with E-state index < -0.39 is 34.4 Å². The summed E-state index contributed by atoms with van der Waals surface area (Å²) in [6.07, 6.45) is 0. The first-order chi connectivity index (χ1) is 14.7. The van der Waals surface area contributed by atoms with E-state index in [1.54, 1.807) is 0 Å². The normalized spacial score (nSPS) is 10.5. The molecular formula is C21H17BrN2O7. The summed E-state index contributed by atoms with van der Waals surface area (Å²) in [6.45, 7) is 0.238. The van der Waals surface area contributed by atoms with Crippen LogP contribution >= 0.6 is 15.9 Å². The smallest absolute Gasteiger partial charge is 0.342 e. The van der Waals surface area contributed by atoms with Gasteiger partial charge >= 0.3 is 11.9 Å². The molecule has 160 valence electrons. The molecule has 3 rings (SSSR count). The van der Waals surface area contributed by atoms with Crippen molar-refractivity contribution in [2.24, 2.45) is 0 Å². The van der Waals surface area contributed by atoms with Crippen LogP contribution in [0.15, 0.2) is 51.7 Å². The third-order valence-corrected chi connectivity index (χ3v) is 4.96. The second kappa shape index (κ2) is 8.92. The lowest BCUT2D eigenvalue weighted by molar-refractivity contribution is 0.0695. The van der Waals surface area contributed by atoms with Crippen LogP contribution in [-0.2, 0) is 6.61 Å². The molecule has 0 fully saturated rings. The molecule has 0 aliphatic carbocycles. The highest BCUT2D eigenvalue weighted by Gasteiger charge is 2.27. The minimum atomic E-state index is -1.59. The lowest BCUT2D eigenvalue weighted by Gasteiger charge is -2.15. The van der Waals surface area contributed by atoms with Gasteiger partial charge in [0.1, 0.15) is 23.6 Å². The summed E-state index contributed by atoms with van der Waals surface area (Å²) in [5, 5.41) is 19.1. The van der Waals surface area contributed by atoms with E-state index in [4.69, 9.17) is 15.2 Å². The Morgan fingerprint density at radius 1 is 1.03 bits per heavy atom. The van der Waals surface area contributed by atoms with Gasteiger partial charge in [-0.05, 0) is 35.4 Å². The van der Waals surface area contributed by atoms with Crippen molar-refractivity contribution in [2.75, 3.05) is 12.8 Å². The van der Waals surface area contributed by atoms with E-state index in [0.717, 1.165) is 10.0 Å². The lowest BCUT2D eigenvalue weighted by Crippen LogP contribution is -2.24. The van der Waals surface area contributed by atoms with Gasteiger partial charge in [-0.1, -0.05) is 34.1 Å². The van der Waals surface area contributed by atoms with Crippen molar-refractivity contribution >= 4 is 33.7 Å². The summed E-state index contributed by atoms with van der Waals surface area (Å²) in [5.74, 6) is -2.96. The van der Waals surface area contributed by atoms with Crippen LogP contribution in [0.2, 0.25) is 0 Å². The molecule has 9 nitrogen and oxygen atoms in total. The second-order valence-corrected chi connectivity index (χ2v) is 7.30. The molecule has 2 aromatic carbocycles. The Bertz CT molecular complexity index is 1220. The fraction of sp³-hybridized carbons (Fsp3) is 0.0952. The Labute approximate surface area is 184 Å². The van der Waals surface area contributed by atoms with Crippen molar-refractivity contribution in [1.29, 1.82) is 0 Å². The van der Waals surface area contributed by atoms with E-state index in [0.29, 0.717) is 5.75 Å². The van der Waals surface area contributed by atoms with Crippen molar-refractivity contribution in [3.05, 3.63) is 74.0 Å². The zero-order valence-corrected chi connectivity index (χ0v) is 17.7. The largest absolute Gasteiger partial charge is 0.493 e. The van der Waals surface area contributed by atoms with E-state index in [-0.39, 0.29) is 23.5 Å². The predicted octanol–water partition coefficient (Wildman–Crippen LogP) is 3.37. The summed E-state index contributed by atoms with van der Waals surface area (Å²) >= 11 is 3.36. The average molecular weight is 489 g/mol. The number of nitrogens with two attached hydrogens (primary N) is 1. The number of pyridine rings is 1. The number of benzene rings is 2. The summed E-state index contributed by atoms with van der Waals surface area (Å²) < 4.78 is 12.0. The van der Waals surface area contributed by atoms with Crippen LogP contribution < -0.4 is 20.8 Å². The molecule has 0 unspecified atom stereocenters. The monoisotopic (exact) mass is 488 g/mol. The molecule has 0 spiro atoms. The number of nitrogen functional groups attached to an aromatic ring is 1. The number of carboxylic acid groups (broad SMARTS) is 2. The minimum absolute atomic E-state index is 0.125. The van der Waals surface area contributed by atoms with Gasteiger partial charge in [-0.2, -0.15) is 0 Å². The molecule has 0 bridgehead atoms. The number of aromatic nitrogens is 1. The van der Waals surface area contributed by atoms with Gasteiger partial charge in [-0.3, -0.25) is 4.79 Å². The number of hydrogen-bond acceptors (Lipinski definition) is 6. The molecule has 1 aromatic heterocycles. The summed E-state index contributed by atoms with van der Waals surface area (Å²) in [5.41, 5.74) is 4.09. The summed E-state index contributed by atoms with van der Waals surface area (Å²) in [4.78, 5) is 37.7. The van der Waals surface area contributed by atoms with Crippen molar-refractivity contribution in [1.82, 2.24) is 4.98 Å². The van der Waals surface area contributed by atoms with Gasteiger partial charge < -0.3 is 30.4 Å². The van der Waals surface area contributed by atoms with Crippen LogP contribution in [0.3, 0.4) is 0 Å². The van der Waals surface area contributed by atoms with Crippen LogP contribution in [-0.4, -0.2) is 34.2 Å². The highest BCUT2D eigenvalue weighted by atomic mass is 79.9. The maximum absolute atomic E-state index is 12.2. The molecule has 0 aliphatic rings. The zero-order chi connectivity index (χ0) is 22.7. The molecule has 0 radical (unpaired) electrons. The first-order valence-corrected chi connectivity index (χ1v) is 9.60. The number of anilines is 1. The number of ether oxygens (including phenoxy) is 2. The van der Waals surface area contributed by atoms with Crippen LogP contribution in [0, 0.1) is 0 Å². The fourth-order valence-electron chi connectivity index (χ4n) is 3.02. The van der Waals surface area contributed by atoms with Crippen LogP contribution in [0.1, 0.15) is 26.3 Å². The van der Waals surface area contributed by atoms with E-state index >= 15 is 0 Å². The minimum Gasteiger partial charge on any atom is -0.493 e. The molecule has 0 saturated heterocycles. The van der Waals surface area contributed by atoms with Gasteiger partial charge in [0, 0.05) is 10.0 Å². The van der Waals surface area contributed by atoms with E-state index in [1.807, 2.05) is 24.3 Å². The Kier molecular flexibility index (Phi) is 6.30. The van der Waals surface area contributed by atoms with Gasteiger partial charge in [0.2, 0.25) is 0 Å². The third-order valence-electron chi connectivity index (χ3n) is 4.43. The standard InChI is InChI=1S/C21H17BrN2O7/c1-30-14-8-11(4-7-13(14)31-9-10-2-5-12(22)6-3-10)15-16(20(26)27)18(23)24-19(25)17(15)21(28)29/h2-8H,9H2,1H3,(H,26,27)(H,28,29)(H3,23,24,25). The van der Waals surface area contributed by atoms with E-state index in [2.05, 4.69) is 20.9 Å². The van der Waals surface area contributed by atoms with E-state index in [9.17, 15) is 24.6 Å². The number of hydrogen-bond donors (Lipinski definition) is 4. The Hall–Kier alpha value is -3.79. The van der Waals surface area contributed by atoms with Crippen molar-refractivity contribution in [2.45, 2.75) is 6.61 Å². The maximum Gasteiger partial charge on any atom is 0.342 e. The average Bonchev–Trinajstić information content (AvgIpc) is 2.72. The molecule has 3 aromatic rings. The van der Waals surface area contributed by atoms with Gasteiger partial charge in [-0.15, -0.1) is 0 Å². The predicted molar refractivity (Wildman–Crippen MR) is 116 cm³/mol. The highest BCUT2D eigenvalue weighted by Crippen LogP contribution is 2.36. The van der Waals surface area contributed by atoms with Gasteiger partial charge in [-0.25, -0.2) is 9.59 Å². The number of aromatic amines is 1. The molecule has 0 atom stereocenters. The van der Waals surface area contributed by atoms with Crippen molar-refractivity contribution in [3.8, 4) is 22.6 Å². The maximum atomic E-state index is 12.2. The molecule has 1 heterocycles. The first-order valence-electron chi connectivity index (χ1n) is 8.81. The number of halogens is 1. The number of H-pyrrole nitrogens is 1. The molecule has 0 amide bonds. The van der Waals surface area contributed by atoms with Gasteiger partial charge in [0.05, 0.1) is 7.11 Å². The SMILES string of the molecule is COc1cc(-c2c(C(=O)O)c(N)[nH]c(=O)c2C(=O)O)ccc1OCc1ccc(Br)cc1. The molecular weight excluding hydrogens is 472 g/mol. The Morgan fingerprint density at radius 3 is 2.26 bits per heavy atom. The summed E-state index contributed by atoms with van der Waals surface area (Å²) in [7, 11) is 1.38. The number of nitrogens with one attached hydrogen (secondary N) is 1. The first kappa shape index (κ1) is 21.9. The van der Waals surface area contributed by atoms with Crippen molar-refractivity contribution < 1.29 is 29.3 Å². The molecule has 31 heavy (non-hydrogen) atoms. The summed E-state index contributed by atoms with van der Waals surface area (Å²) in [6, 6.07) is 11.8. The number of aromatic carboxylic acids is 2. The topological polar surface area (TPSA) is 152 Å². The number of carbonyl (C=O) groups is 2. The van der Waals surface area contributed by atoms with Crippen LogP contribution in [0.25, 0.3) is 11.1 Å². The fourth-order valence-corrected chi connectivity index (χ4v) is 3.28. The lowest BCUT2D eigenvalue weighted by atomic mass is 9.95.